The monoisotopic (exact) mass is 245 g/mol. The second-order valence-corrected chi connectivity index (χ2v) is 3.29. The van der Waals surface area contributed by atoms with E-state index < -0.39 is 0 Å². The van der Waals surface area contributed by atoms with Gasteiger partial charge >= 0.3 is 0 Å². The van der Waals surface area contributed by atoms with Crippen LogP contribution in [0.5, 0.6) is 0 Å². The van der Waals surface area contributed by atoms with Gasteiger partial charge in [-0.2, -0.15) is 0 Å². The first-order valence-corrected chi connectivity index (χ1v) is 5.28. The predicted molar refractivity (Wildman–Crippen MR) is 61.5 cm³/mol. The summed E-state index contributed by atoms with van der Waals surface area (Å²) in [5, 5.41) is 0. The van der Waals surface area contributed by atoms with Gasteiger partial charge in [-0.3, -0.25) is 0 Å². The molecule has 2 aliphatic rings. The van der Waals surface area contributed by atoms with Gasteiger partial charge in [0.2, 0.25) is 0 Å². The fourth-order valence-corrected chi connectivity index (χ4v) is 1.30. The van der Waals surface area contributed by atoms with Gasteiger partial charge in [0.25, 0.3) is 0 Å². The molecule has 0 aromatic carbocycles. The molecule has 0 aliphatic heterocycles. The second-order valence-electron chi connectivity index (χ2n) is 3.29. The van der Waals surface area contributed by atoms with Crippen molar-refractivity contribution in [1.29, 1.82) is 0 Å². The van der Waals surface area contributed by atoms with Crippen LogP contribution in [0.2, 0.25) is 0 Å². The molecule has 0 unspecified atom stereocenters. The van der Waals surface area contributed by atoms with Crippen LogP contribution in [0.1, 0.15) is 26.7 Å². The van der Waals surface area contributed by atoms with Crippen LogP contribution in [0.4, 0.5) is 0 Å². The van der Waals surface area contributed by atoms with Crippen molar-refractivity contribution in [2.24, 2.45) is 0 Å². The quantitative estimate of drug-likeness (QED) is 0.697. The van der Waals surface area contributed by atoms with Crippen LogP contribution >= 0.6 is 0 Å². The Morgan fingerprint density at radius 2 is 0.933 bits per heavy atom. The third-order valence-electron chi connectivity index (χ3n) is 2.28. The van der Waals surface area contributed by atoms with E-state index in [9.17, 15) is 0 Å². The molecule has 0 N–H and O–H groups in total. The zero-order valence-corrected chi connectivity index (χ0v) is 10.4. The average molecular weight is 245 g/mol. The number of hydrogen-bond acceptors (Lipinski definition) is 0. The number of hydrogen-bond donors (Lipinski definition) is 0. The molecule has 0 nitrogen and oxygen atoms in total. The minimum absolute atomic E-state index is 0. The molecule has 0 amide bonds. The first-order chi connectivity index (χ1) is 6.86. The van der Waals surface area contributed by atoms with Crippen molar-refractivity contribution >= 4 is 0 Å². The Morgan fingerprint density at radius 3 is 1.07 bits per heavy atom. The van der Waals surface area contributed by atoms with E-state index in [0.717, 1.165) is 12.8 Å². The molecular weight excluding hydrogens is 227 g/mol. The van der Waals surface area contributed by atoms with Gasteiger partial charge < -0.3 is 0 Å². The predicted octanol–water partition coefficient (Wildman–Crippen LogP) is 3.60. The van der Waals surface area contributed by atoms with Gasteiger partial charge in [0.15, 0.2) is 0 Å². The molecule has 0 aromatic heterocycles. The van der Waals surface area contributed by atoms with Crippen molar-refractivity contribution in [2.75, 3.05) is 0 Å². The van der Waals surface area contributed by atoms with Crippen molar-refractivity contribution in [2.45, 2.75) is 26.7 Å². The third-order valence-corrected chi connectivity index (χ3v) is 2.28. The van der Waals surface area contributed by atoms with Crippen molar-refractivity contribution in [3.63, 3.8) is 0 Å². The zero-order valence-electron chi connectivity index (χ0n) is 9.37. The topological polar surface area (TPSA) is 0 Å². The fraction of sp³-hybridized carbons (Fsp3) is 0.286. The van der Waals surface area contributed by atoms with E-state index in [2.05, 4.69) is 65.2 Å². The average Bonchev–Trinajstić information content (AvgIpc) is 2.92. The van der Waals surface area contributed by atoms with E-state index in [1.807, 2.05) is 0 Å². The molecule has 0 bridgehead atoms. The Morgan fingerprint density at radius 1 is 0.667 bits per heavy atom. The summed E-state index contributed by atoms with van der Waals surface area (Å²) in [6.07, 6.45) is 19.1. The summed E-state index contributed by atoms with van der Waals surface area (Å²) in [4.78, 5) is 0. The second kappa shape index (κ2) is 9.71. The maximum atomic E-state index is 2.16. The van der Waals surface area contributed by atoms with E-state index >= 15 is 0 Å². The molecule has 0 heterocycles. The first-order valence-electron chi connectivity index (χ1n) is 5.28. The molecule has 0 saturated heterocycles. The normalized spacial score (nSPS) is 22.0. The Bertz CT molecular complexity index is 105. The minimum atomic E-state index is 0. The van der Waals surface area contributed by atoms with Crippen molar-refractivity contribution in [3.05, 3.63) is 63.2 Å². The van der Waals surface area contributed by atoms with Crippen molar-refractivity contribution < 1.29 is 16.8 Å². The third kappa shape index (κ3) is 6.62. The van der Waals surface area contributed by atoms with E-state index in [-0.39, 0.29) is 16.8 Å². The molecule has 2 aliphatic carbocycles. The minimum Gasteiger partial charge on any atom is -0.0648 e. The largest absolute Gasteiger partial charge is 0.0648 e. The molecule has 2 rings (SSSR count). The van der Waals surface area contributed by atoms with Gasteiger partial charge in [0.1, 0.15) is 0 Å². The fourth-order valence-electron chi connectivity index (χ4n) is 1.30. The van der Waals surface area contributed by atoms with Crippen LogP contribution in [-0.4, -0.2) is 0 Å². The molecule has 0 atom stereocenters. The van der Waals surface area contributed by atoms with E-state index in [0.29, 0.717) is 0 Å². The van der Waals surface area contributed by atoms with Crippen LogP contribution in [-0.2, 0) is 16.8 Å². The molecule has 2 fully saturated rings. The SMILES string of the molecule is CC[C]1[CH][CH][CH][CH]1.CC[C]1[CH][CH][CH][CH]1.[Co]. The summed E-state index contributed by atoms with van der Waals surface area (Å²) in [5.74, 6) is 2.86. The molecule has 15 heavy (non-hydrogen) atoms. The molecular formula is C14H18Co. The standard InChI is InChI=1S/2C7H9.Co/c2*1-2-7-5-3-4-6-7;/h2*3-6H,2H2,1H3;. The van der Waals surface area contributed by atoms with Gasteiger partial charge in [-0.05, 0) is 76.0 Å². The van der Waals surface area contributed by atoms with E-state index in [1.54, 1.807) is 0 Å². The Kier molecular flexibility index (Phi) is 10.0. The van der Waals surface area contributed by atoms with Gasteiger partial charge in [-0.1, -0.05) is 13.8 Å². The zero-order chi connectivity index (χ0) is 10.2. The smallest absolute Gasteiger partial charge is 0 e. The van der Waals surface area contributed by atoms with Crippen LogP contribution in [0.25, 0.3) is 0 Å². The Hall–Kier alpha value is 0.506. The van der Waals surface area contributed by atoms with Crippen molar-refractivity contribution in [1.82, 2.24) is 0 Å². The van der Waals surface area contributed by atoms with Crippen LogP contribution in [0.15, 0.2) is 0 Å². The maximum Gasteiger partial charge on any atom is 0 e. The van der Waals surface area contributed by atoms with E-state index in [1.165, 1.54) is 11.8 Å². The number of rotatable bonds is 2. The molecule has 0 spiro atoms. The van der Waals surface area contributed by atoms with Crippen LogP contribution in [0, 0.1) is 63.2 Å². The summed E-state index contributed by atoms with van der Waals surface area (Å²) in [6, 6.07) is 0. The molecule has 83 valence electrons. The van der Waals surface area contributed by atoms with Crippen LogP contribution < -0.4 is 0 Å². The maximum absolute atomic E-state index is 2.16. The summed E-state index contributed by atoms with van der Waals surface area (Å²) in [7, 11) is 0. The molecule has 11 radical (unpaired) electrons. The Balaban J connectivity index is 0.000000245. The summed E-state index contributed by atoms with van der Waals surface area (Å²) in [5.41, 5.74) is 0. The summed E-state index contributed by atoms with van der Waals surface area (Å²) < 4.78 is 0. The molecule has 0 aromatic rings. The van der Waals surface area contributed by atoms with Gasteiger partial charge in [-0.25, -0.2) is 0 Å². The summed E-state index contributed by atoms with van der Waals surface area (Å²) >= 11 is 0. The van der Waals surface area contributed by atoms with Gasteiger partial charge in [0.05, 0.1) is 0 Å². The van der Waals surface area contributed by atoms with E-state index in [4.69, 9.17) is 0 Å². The van der Waals surface area contributed by atoms with Crippen LogP contribution in [0.3, 0.4) is 0 Å². The van der Waals surface area contributed by atoms with Gasteiger partial charge in [-0.15, -0.1) is 0 Å². The van der Waals surface area contributed by atoms with Gasteiger partial charge in [0, 0.05) is 16.8 Å². The molecule has 2 saturated carbocycles. The Labute approximate surface area is 107 Å². The summed E-state index contributed by atoms with van der Waals surface area (Å²) in [6.45, 7) is 4.32. The molecule has 1 heteroatoms. The van der Waals surface area contributed by atoms with Crippen molar-refractivity contribution in [3.8, 4) is 0 Å². The first kappa shape index (κ1) is 15.5.